The van der Waals surface area contributed by atoms with E-state index in [-0.39, 0.29) is 11.7 Å². The maximum Gasteiger partial charge on any atom is 0.410 e. The molecule has 11 saturated heterocycles. The van der Waals surface area contributed by atoms with Gasteiger partial charge in [0.2, 0.25) is 0 Å². The van der Waals surface area contributed by atoms with E-state index in [1.165, 1.54) is 152 Å². The summed E-state index contributed by atoms with van der Waals surface area (Å²) in [5, 5.41) is 0. The lowest BCUT2D eigenvalue weighted by molar-refractivity contribution is -0.0536. The minimum atomic E-state index is -0.400. The first-order valence-corrected chi connectivity index (χ1v) is 60.5. The lowest BCUT2D eigenvalue weighted by Gasteiger charge is -2.50. The Balaban J connectivity index is 0.000000201. The first-order valence-electron chi connectivity index (χ1n) is 60.5. The van der Waals surface area contributed by atoms with Gasteiger partial charge in [0.15, 0.2) is 0 Å². The van der Waals surface area contributed by atoms with Gasteiger partial charge in [-0.15, -0.1) is 0 Å². The van der Waals surface area contributed by atoms with Crippen LogP contribution in [-0.2, 0) is 20.8 Å². The zero-order valence-corrected chi connectivity index (χ0v) is 104. The van der Waals surface area contributed by atoms with Crippen LogP contribution in [0.2, 0.25) is 0 Å². The first-order chi connectivity index (χ1) is 69.5. The number of likely N-dealkylation sites (N-methyl/N-ethyl adjacent to an activating group) is 5. The minimum Gasteiger partial charge on any atom is -0.489 e. The molecule has 17 nitrogen and oxygen atoms in total. The van der Waals surface area contributed by atoms with Gasteiger partial charge in [-0.05, 0) is 329 Å². The zero-order chi connectivity index (χ0) is 110. The Kier molecular flexibility index (Phi) is 52.3. The fourth-order valence-electron chi connectivity index (χ4n) is 29.3. The molecule has 2 aliphatic carbocycles. The number of fused-ring (bicyclic) bond motifs is 1. The molecular weight excluding hydrogens is 1820 g/mol. The molecule has 20 unspecified atom stereocenters. The Morgan fingerprint density at radius 3 is 1.32 bits per heavy atom. The van der Waals surface area contributed by atoms with Crippen LogP contribution in [0.3, 0.4) is 0 Å². The van der Waals surface area contributed by atoms with Crippen molar-refractivity contribution in [3.8, 4) is 5.75 Å². The van der Waals surface area contributed by atoms with Crippen LogP contribution in [0, 0.1) is 111 Å². The second-order valence-corrected chi connectivity index (χ2v) is 55.6. The maximum absolute atomic E-state index is 12.1. The highest BCUT2D eigenvalue weighted by Gasteiger charge is 2.66. The van der Waals surface area contributed by atoms with E-state index in [9.17, 15) is 4.79 Å². The van der Waals surface area contributed by atoms with Crippen LogP contribution in [-0.4, -0.2) is 304 Å². The van der Waals surface area contributed by atoms with Crippen molar-refractivity contribution in [3.05, 3.63) is 132 Å². The predicted molar refractivity (Wildman–Crippen MR) is 633 cm³/mol. The molecule has 0 bridgehead atoms. The number of benzene rings is 3. The van der Waals surface area contributed by atoms with Gasteiger partial charge in [-0.2, -0.15) is 0 Å². The fourth-order valence-corrected chi connectivity index (χ4v) is 29.3. The van der Waals surface area contributed by atoms with Crippen LogP contribution < -0.4 is 4.74 Å². The van der Waals surface area contributed by atoms with E-state index in [1.54, 1.807) is 0 Å². The number of ether oxygens (including phenoxy) is 4. The molecule has 0 radical (unpaired) electrons. The topological polar surface area (TPSA) is 103 Å². The normalized spacial score (nSPS) is 30.1. The third-order valence-electron chi connectivity index (χ3n) is 37.1. The molecule has 1 spiro atoms. The van der Waals surface area contributed by atoms with Gasteiger partial charge in [0.1, 0.15) is 17.5 Å². The highest BCUT2D eigenvalue weighted by atomic mass is 16.6. The monoisotopic (exact) mass is 2060 g/mol. The number of piperidine rings is 2. The van der Waals surface area contributed by atoms with E-state index < -0.39 is 5.60 Å². The Morgan fingerprint density at radius 1 is 0.412 bits per heavy atom. The van der Waals surface area contributed by atoms with Crippen LogP contribution in [0.1, 0.15) is 352 Å². The average molecular weight is 2060 g/mol. The molecule has 2 saturated carbocycles. The SMILES string of the molecule is CC(C)C1C(c2ccccc2)CCN1C.CC(C)C1C2C(CN1C)C2(C)C.CC(C)C1CC(C2CCCCC2)CN1C.CC(C)C1CC(OC(C)(C)C)CN1C.CC(C)C1CC(OCc2ccccc2)CN1C.CC(C)C1CC(Oc2ccccc2)CN1C.CC(C)C1CC(c2cccnc2)CN1C.CC(C)C1CC2(CCN(C(=O)OC(C)(C)C)CC2)CN1C.CC(C)C1CN(C)C1C(C)C.CCCCC1CN(C)C1C(C)C. The lowest BCUT2D eigenvalue weighted by Crippen LogP contribution is -2.58. The van der Waals surface area contributed by atoms with Crippen LogP contribution in [0.15, 0.2) is 116 Å². The predicted octanol–water partition coefficient (Wildman–Crippen LogP) is 28.0. The molecule has 13 fully saturated rings. The Labute approximate surface area is 913 Å². The number of amides is 1. The molecule has 17 rings (SSSR count). The maximum atomic E-state index is 12.1. The van der Waals surface area contributed by atoms with Gasteiger partial charge in [-0.25, -0.2) is 4.79 Å². The fraction of sp³-hybridized carbons (Fsp3) is 0.817. The Hall–Kier alpha value is -4.60. The van der Waals surface area contributed by atoms with Crippen LogP contribution in [0.5, 0.6) is 5.75 Å². The quantitative estimate of drug-likeness (QED) is 0.0703. The third-order valence-corrected chi connectivity index (χ3v) is 37.1. The lowest BCUT2D eigenvalue weighted by atomic mass is 9.75. The van der Waals surface area contributed by atoms with Crippen molar-refractivity contribution in [2.24, 2.45) is 111 Å². The molecule has 13 aliphatic rings. The molecule has 848 valence electrons. The smallest absolute Gasteiger partial charge is 0.410 e. The van der Waals surface area contributed by atoms with Gasteiger partial charge in [-0.1, -0.05) is 303 Å². The molecule has 20 atom stereocenters. The molecule has 11 aliphatic heterocycles. The summed E-state index contributed by atoms with van der Waals surface area (Å²) in [5.74, 6) is 16.9. The highest BCUT2D eigenvalue weighted by molar-refractivity contribution is 5.68. The number of para-hydroxylation sites is 1. The van der Waals surface area contributed by atoms with Crippen molar-refractivity contribution in [2.75, 3.05) is 149 Å². The molecule has 148 heavy (non-hydrogen) atoms. The van der Waals surface area contributed by atoms with Crippen molar-refractivity contribution in [3.63, 3.8) is 0 Å². The summed E-state index contributed by atoms with van der Waals surface area (Å²) in [7, 11) is 22.5. The number of rotatable bonds is 23. The molecule has 17 heteroatoms. The van der Waals surface area contributed by atoms with E-state index in [0.717, 1.165) is 183 Å². The number of pyridine rings is 1. The number of aromatic nitrogens is 1. The Bertz CT molecular complexity index is 4230. The van der Waals surface area contributed by atoms with Crippen molar-refractivity contribution in [1.82, 2.24) is 58.9 Å². The standard InChI is InChI=1S/C17H32N2O2.C15H23NO.C14H21NO.C14H27N.C14H21N.C13H20N2.C12H25NO.C11H21N.C11H23N.C10H21N/c1-13(2)14-11-17(12-18(14)6)7-9-19(10-8-17)15(20)21-16(3,4)5;1-12(2)15-9-14(10-16(15)3)17-11-13-7-5-4-6-8-13;1-11(2)14-9-13(10-15(14)3)16-12-7-5-4-6-8-12;1-11(2)14-9-13(10-15(14)3)12-7-5-4-6-8-12;1-11(2)14-13(9-10-15(14)3)12-7-5-4-6-8-12;1-10(2)13-7-12(9-15(13)3)11-5-4-6-14-8-11;1-9(2)11-7-10(8-13(11)6)14-12(3,4)5;1-7(2)10-9-8(6-12(10)5)11(9,3)4;1-5-6-7-10-8-12(4)11(10)9(2)3;1-7(2)9-6-11(5)10(9)8(3)4/h13-14H,7-12H2,1-6H3;4-8,12,14-15H,9-11H2,1-3H3;4-8,11,13-14H,9-10H2,1-3H3;11-14H,4-10H2,1-3H3;4-8,11,13-14H,9-10H2,1-3H3;4-6,8,10,12-13H,7,9H2,1-3H3;9-11H,7-8H2,1-6H3;7-10H,6H2,1-5H3;9-11H,5-8H2,1-4H3;7-10H,6H2,1-5H3. The van der Waals surface area contributed by atoms with Gasteiger partial charge in [-0.3, -0.25) is 9.88 Å². The third kappa shape index (κ3) is 39.0. The summed E-state index contributed by atoms with van der Waals surface area (Å²) in [6, 6.07) is 43.4. The van der Waals surface area contributed by atoms with E-state index in [1.807, 2.05) is 80.5 Å². The molecule has 1 amide bonds. The number of unbranched alkanes of at least 4 members (excludes halogenated alkanes) is 1. The van der Waals surface area contributed by atoms with Crippen molar-refractivity contribution in [2.45, 2.75) is 432 Å². The summed E-state index contributed by atoms with van der Waals surface area (Å²) >= 11 is 0. The van der Waals surface area contributed by atoms with Gasteiger partial charge in [0.25, 0.3) is 0 Å². The first kappa shape index (κ1) is 129. The van der Waals surface area contributed by atoms with E-state index in [0.29, 0.717) is 83.0 Å². The molecule has 12 heterocycles. The number of nitrogens with zero attached hydrogens (tertiary/aromatic N) is 12. The summed E-state index contributed by atoms with van der Waals surface area (Å²) in [6.07, 6.45) is 27.7. The molecule has 0 N–H and O–H groups in total. The van der Waals surface area contributed by atoms with Gasteiger partial charge in [0.05, 0.1) is 24.4 Å². The number of carbonyl (C=O) groups is 1. The molecule has 4 aromatic rings. The molecule has 1 aromatic heterocycles. The largest absolute Gasteiger partial charge is 0.489 e. The summed E-state index contributed by atoms with van der Waals surface area (Å²) in [4.78, 5) is 43.2. The van der Waals surface area contributed by atoms with Crippen molar-refractivity contribution < 1.29 is 23.7 Å². The van der Waals surface area contributed by atoms with Crippen LogP contribution >= 0.6 is 0 Å². The van der Waals surface area contributed by atoms with Gasteiger partial charge in [0, 0.05) is 157 Å². The van der Waals surface area contributed by atoms with Crippen molar-refractivity contribution in [1.29, 1.82) is 0 Å². The molecular formula is C131H234N12O5. The highest BCUT2D eigenvalue weighted by Crippen LogP contribution is 2.65. The number of likely N-dealkylation sites (tertiary alicyclic amines) is 11. The van der Waals surface area contributed by atoms with E-state index in [4.69, 9.17) is 18.9 Å². The van der Waals surface area contributed by atoms with Crippen molar-refractivity contribution >= 4 is 6.09 Å². The average Bonchev–Trinajstić information content (AvgIpc) is 1.53. The minimum absolute atomic E-state index is 0.00260. The number of carbonyl (C=O) groups excluding carboxylic acids is 1. The van der Waals surface area contributed by atoms with Gasteiger partial charge < -0.3 is 67.9 Å². The van der Waals surface area contributed by atoms with Crippen LogP contribution in [0.4, 0.5) is 4.79 Å². The second-order valence-electron chi connectivity index (χ2n) is 55.6. The molecule has 3 aromatic carbocycles. The Morgan fingerprint density at radius 2 is 0.878 bits per heavy atom. The van der Waals surface area contributed by atoms with E-state index in [2.05, 4.69) is 379 Å². The summed E-state index contributed by atoms with van der Waals surface area (Å²) < 4.78 is 23.5. The number of hydrogen-bond donors (Lipinski definition) is 0. The zero-order valence-electron chi connectivity index (χ0n) is 104. The summed E-state index contributed by atoms with van der Waals surface area (Å²) in [5.41, 5.74) is 4.85. The van der Waals surface area contributed by atoms with Crippen LogP contribution in [0.25, 0.3) is 0 Å². The summed E-state index contributed by atoms with van der Waals surface area (Å²) in [6.45, 7) is 85.1. The van der Waals surface area contributed by atoms with E-state index >= 15 is 0 Å². The van der Waals surface area contributed by atoms with Gasteiger partial charge >= 0.3 is 6.09 Å². The second kappa shape index (κ2) is 60.2. The number of hydrogen-bond acceptors (Lipinski definition) is 16.